The molecule has 7 rings (SSSR count). The van der Waals surface area contributed by atoms with E-state index in [1.165, 1.54) is 12.1 Å². The van der Waals surface area contributed by atoms with Crippen LogP contribution < -0.4 is 9.47 Å². The second kappa shape index (κ2) is 9.91. The fraction of sp³-hybridized carbons (Fsp3) is 0.235. The molecular weight excluding hydrogens is 529 g/mol. The van der Waals surface area contributed by atoms with Crippen LogP contribution in [-0.4, -0.2) is 11.9 Å². The van der Waals surface area contributed by atoms with Gasteiger partial charge in [-0.25, -0.2) is 0 Å². The minimum Gasteiger partial charge on any atom is -0.426 e. The number of esters is 2. The second-order valence-corrected chi connectivity index (χ2v) is 10.4. The summed E-state index contributed by atoms with van der Waals surface area (Å²) in [5.41, 5.74) is 4.43. The van der Waals surface area contributed by atoms with Crippen molar-refractivity contribution in [3.8, 4) is 11.5 Å². The van der Waals surface area contributed by atoms with Crippen LogP contribution >= 0.6 is 0 Å². The van der Waals surface area contributed by atoms with Crippen molar-refractivity contribution in [3.63, 3.8) is 0 Å². The van der Waals surface area contributed by atoms with E-state index < -0.39 is 29.1 Å². The monoisotopic (exact) mass is 556 g/mol. The zero-order chi connectivity index (χ0) is 28.9. The topological polar surface area (TPSA) is 52.6 Å². The van der Waals surface area contributed by atoms with Crippen LogP contribution in [0.25, 0.3) is 0 Å². The number of carbonyl (C=O) groups is 2. The Labute approximate surface area is 235 Å². The van der Waals surface area contributed by atoms with Gasteiger partial charge in [-0.05, 0) is 58.5 Å². The van der Waals surface area contributed by atoms with Crippen LogP contribution in [0.5, 0.6) is 11.5 Å². The third-order valence-electron chi connectivity index (χ3n) is 8.12. The molecule has 0 saturated heterocycles. The summed E-state index contributed by atoms with van der Waals surface area (Å²) in [6.45, 7) is 3.43. The Morgan fingerprint density at radius 1 is 0.732 bits per heavy atom. The van der Waals surface area contributed by atoms with E-state index in [-0.39, 0.29) is 18.8 Å². The van der Waals surface area contributed by atoms with Gasteiger partial charge in [-0.3, -0.25) is 9.59 Å². The molecule has 0 saturated carbocycles. The van der Waals surface area contributed by atoms with E-state index in [9.17, 15) is 22.8 Å². The van der Waals surface area contributed by atoms with Crippen molar-refractivity contribution >= 4 is 11.9 Å². The molecule has 0 radical (unpaired) electrons. The summed E-state index contributed by atoms with van der Waals surface area (Å²) in [7, 11) is 0. The smallest absolute Gasteiger partial charge is 0.416 e. The summed E-state index contributed by atoms with van der Waals surface area (Å²) in [4.78, 5) is 25.2. The van der Waals surface area contributed by atoms with E-state index in [1.807, 2.05) is 48.5 Å². The molecule has 0 aliphatic heterocycles. The first-order valence-corrected chi connectivity index (χ1v) is 13.6. The van der Waals surface area contributed by atoms with E-state index in [0.717, 1.165) is 39.9 Å². The van der Waals surface area contributed by atoms with E-state index >= 15 is 0 Å². The summed E-state index contributed by atoms with van der Waals surface area (Å²) in [5, 5.41) is 0. The Morgan fingerprint density at radius 2 is 1.24 bits per heavy atom. The van der Waals surface area contributed by atoms with Gasteiger partial charge in [0.25, 0.3) is 0 Å². The predicted octanol–water partition coefficient (Wildman–Crippen LogP) is 7.72. The summed E-state index contributed by atoms with van der Waals surface area (Å²) < 4.78 is 52.0. The molecule has 0 N–H and O–H groups in total. The molecule has 0 atom stereocenters. The Hall–Kier alpha value is -4.39. The van der Waals surface area contributed by atoms with Gasteiger partial charge in [0.15, 0.2) is 0 Å². The molecule has 208 valence electrons. The van der Waals surface area contributed by atoms with Gasteiger partial charge in [-0.15, -0.1) is 0 Å². The van der Waals surface area contributed by atoms with E-state index in [4.69, 9.17) is 9.47 Å². The van der Waals surface area contributed by atoms with E-state index in [0.29, 0.717) is 29.0 Å². The lowest BCUT2D eigenvalue weighted by molar-refractivity contribution is -0.137. The van der Waals surface area contributed by atoms with Crippen LogP contribution in [0.3, 0.4) is 0 Å². The molecule has 0 unspecified atom stereocenters. The highest BCUT2D eigenvalue weighted by molar-refractivity contribution is 5.81. The molecule has 7 heteroatoms. The molecule has 4 aromatic rings. The van der Waals surface area contributed by atoms with Gasteiger partial charge in [0.2, 0.25) is 0 Å². The first-order valence-electron chi connectivity index (χ1n) is 13.6. The lowest BCUT2D eigenvalue weighted by atomic mass is 9.51. The van der Waals surface area contributed by atoms with Crippen LogP contribution in [0.1, 0.15) is 77.1 Å². The lowest BCUT2D eigenvalue weighted by Gasteiger charge is -2.51. The molecule has 41 heavy (non-hydrogen) atoms. The highest BCUT2D eigenvalue weighted by Crippen LogP contribution is 2.64. The normalized spacial score (nSPS) is 18.2. The average molecular weight is 557 g/mol. The van der Waals surface area contributed by atoms with Gasteiger partial charge in [0.1, 0.15) is 11.5 Å². The van der Waals surface area contributed by atoms with Crippen molar-refractivity contribution in [1.29, 1.82) is 0 Å². The minimum atomic E-state index is -4.45. The van der Waals surface area contributed by atoms with Crippen molar-refractivity contribution in [2.24, 2.45) is 0 Å². The molecule has 0 aromatic heterocycles. The van der Waals surface area contributed by atoms with Gasteiger partial charge in [-0.2, -0.15) is 13.2 Å². The van der Waals surface area contributed by atoms with Crippen molar-refractivity contribution in [2.75, 3.05) is 0 Å². The third kappa shape index (κ3) is 4.22. The summed E-state index contributed by atoms with van der Waals surface area (Å²) in [6, 6.07) is 24.4. The molecule has 0 heterocycles. The fourth-order valence-corrected chi connectivity index (χ4v) is 6.44. The lowest BCUT2D eigenvalue weighted by Crippen LogP contribution is -2.44. The van der Waals surface area contributed by atoms with Crippen LogP contribution in [-0.2, 0) is 27.6 Å². The first kappa shape index (κ1) is 26.8. The minimum absolute atomic E-state index is 0.157. The van der Waals surface area contributed by atoms with E-state index in [1.54, 1.807) is 26.0 Å². The largest absolute Gasteiger partial charge is 0.426 e. The zero-order valence-corrected chi connectivity index (χ0v) is 22.5. The molecule has 4 nitrogen and oxygen atoms in total. The number of hydrogen-bond acceptors (Lipinski definition) is 4. The SMILES string of the molecule is CCC(=O)Oc1ccc(OC(=O)CC)c2c1C1c3ccccc3C2(Cc2ccc(C(F)(F)F)cc2)c2ccccc21. The van der Waals surface area contributed by atoms with Crippen LogP contribution in [0, 0.1) is 0 Å². The Morgan fingerprint density at radius 3 is 1.78 bits per heavy atom. The number of rotatable bonds is 6. The van der Waals surface area contributed by atoms with Gasteiger partial charge < -0.3 is 9.47 Å². The first-order chi connectivity index (χ1) is 19.7. The number of hydrogen-bond donors (Lipinski definition) is 0. The maximum atomic E-state index is 13.4. The molecule has 0 fully saturated rings. The summed E-state index contributed by atoms with van der Waals surface area (Å²) in [5.74, 6) is -0.381. The Balaban J connectivity index is 1.68. The summed E-state index contributed by atoms with van der Waals surface area (Å²) >= 11 is 0. The van der Waals surface area contributed by atoms with Gasteiger partial charge >= 0.3 is 18.1 Å². The highest BCUT2D eigenvalue weighted by atomic mass is 19.4. The van der Waals surface area contributed by atoms with Crippen LogP contribution in [0.4, 0.5) is 13.2 Å². The molecule has 2 bridgehead atoms. The maximum absolute atomic E-state index is 13.4. The molecular formula is C34H27F3O4. The quantitative estimate of drug-likeness (QED) is 0.180. The number of alkyl halides is 3. The fourth-order valence-electron chi connectivity index (χ4n) is 6.44. The Bertz CT molecular complexity index is 1620. The summed E-state index contributed by atoms with van der Waals surface area (Å²) in [6.07, 6.45) is -3.83. The van der Waals surface area contributed by atoms with Gasteiger partial charge in [0.05, 0.1) is 11.0 Å². The van der Waals surface area contributed by atoms with E-state index in [2.05, 4.69) is 0 Å². The van der Waals surface area contributed by atoms with Crippen molar-refractivity contribution in [1.82, 2.24) is 0 Å². The highest BCUT2D eigenvalue weighted by Gasteiger charge is 2.54. The third-order valence-corrected chi connectivity index (χ3v) is 8.12. The Kier molecular flexibility index (Phi) is 6.48. The second-order valence-electron chi connectivity index (χ2n) is 10.4. The van der Waals surface area contributed by atoms with Crippen molar-refractivity contribution in [2.45, 2.75) is 50.6 Å². The van der Waals surface area contributed by atoms with Gasteiger partial charge in [-0.1, -0.05) is 74.5 Å². The predicted molar refractivity (Wildman–Crippen MR) is 147 cm³/mol. The number of ether oxygens (including phenoxy) is 2. The standard InChI is InChI=1S/C34H27F3O4/c1-3-28(38)40-26-17-18-27(41-29(39)4-2)32-31(26)30-22-9-5-7-11-24(22)33(32,25-12-8-6-10-23(25)30)19-20-13-15-21(16-14-20)34(35,36)37/h5-18,30H,3-4,19H2,1-2H3. The maximum Gasteiger partial charge on any atom is 0.416 e. The van der Waals surface area contributed by atoms with Gasteiger partial charge in [0, 0.05) is 29.9 Å². The molecule has 0 spiro atoms. The zero-order valence-electron chi connectivity index (χ0n) is 22.5. The van der Waals surface area contributed by atoms with Crippen LogP contribution in [0.15, 0.2) is 84.9 Å². The van der Waals surface area contributed by atoms with Crippen molar-refractivity contribution < 1.29 is 32.2 Å². The molecule has 3 aliphatic carbocycles. The van der Waals surface area contributed by atoms with Crippen LogP contribution in [0.2, 0.25) is 0 Å². The number of carbonyl (C=O) groups excluding carboxylic acids is 2. The molecule has 0 amide bonds. The van der Waals surface area contributed by atoms with Crippen molar-refractivity contribution in [3.05, 3.63) is 129 Å². The number of halogens is 3. The average Bonchev–Trinajstić information content (AvgIpc) is 2.98. The number of benzene rings is 4. The molecule has 4 aromatic carbocycles. The molecule has 3 aliphatic rings.